The maximum absolute atomic E-state index is 13.0. The molecule has 18 heavy (non-hydrogen) atoms. The summed E-state index contributed by atoms with van der Waals surface area (Å²) in [5.41, 5.74) is -0.466. The van der Waals surface area contributed by atoms with Crippen molar-refractivity contribution in [2.45, 2.75) is 0 Å². The van der Waals surface area contributed by atoms with E-state index in [0.29, 0.717) is 0 Å². The zero-order valence-electron chi connectivity index (χ0n) is 9.46. The standard InChI is InChI=1S/C12H9FN2O3/c1-18-12(17)10-3-2-4-15(11(10)16)9-5-8(13)6-14-7-9/h2-7H,1H3. The molecule has 0 fully saturated rings. The number of hydrogen-bond acceptors (Lipinski definition) is 4. The van der Waals surface area contributed by atoms with Gasteiger partial charge in [0, 0.05) is 12.3 Å². The van der Waals surface area contributed by atoms with Gasteiger partial charge in [-0.25, -0.2) is 9.18 Å². The molecule has 0 aromatic carbocycles. The van der Waals surface area contributed by atoms with Crippen LogP contribution in [0.5, 0.6) is 0 Å². The van der Waals surface area contributed by atoms with Gasteiger partial charge in [0.05, 0.1) is 25.2 Å². The molecule has 0 radical (unpaired) electrons. The van der Waals surface area contributed by atoms with Crippen molar-refractivity contribution in [2.75, 3.05) is 7.11 Å². The molecule has 0 unspecified atom stereocenters. The number of hydrogen-bond donors (Lipinski definition) is 0. The summed E-state index contributed by atoms with van der Waals surface area (Å²) in [6, 6.07) is 3.99. The summed E-state index contributed by atoms with van der Waals surface area (Å²) in [6.45, 7) is 0. The minimum atomic E-state index is -0.737. The highest BCUT2D eigenvalue weighted by molar-refractivity contribution is 5.88. The Kier molecular flexibility index (Phi) is 3.18. The zero-order chi connectivity index (χ0) is 13.1. The molecule has 0 N–H and O–H groups in total. The summed E-state index contributed by atoms with van der Waals surface area (Å²) in [5.74, 6) is -1.30. The predicted molar refractivity (Wildman–Crippen MR) is 61.1 cm³/mol. The highest BCUT2D eigenvalue weighted by atomic mass is 19.1. The number of ether oxygens (including phenoxy) is 1. The lowest BCUT2D eigenvalue weighted by atomic mass is 10.2. The van der Waals surface area contributed by atoms with E-state index < -0.39 is 17.3 Å². The first-order valence-corrected chi connectivity index (χ1v) is 5.04. The van der Waals surface area contributed by atoms with E-state index in [9.17, 15) is 14.0 Å². The number of pyridine rings is 2. The van der Waals surface area contributed by atoms with Crippen LogP contribution < -0.4 is 5.56 Å². The van der Waals surface area contributed by atoms with Gasteiger partial charge in [-0.2, -0.15) is 0 Å². The van der Waals surface area contributed by atoms with Crippen molar-refractivity contribution in [3.05, 3.63) is 58.5 Å². The second-order valence-corrected chi connectivity index (χ2v) is 3.45. The summed E-state index contributed by atoms with van der Waals surface area (Å²) in [4.78, 5) is 27.0. The van der Waals surface area contributed by atoms with Crippen molar-refractivity contribution in [1.29, 1.82) is 0 Å². The molecule has 2 rings (SSSR count). The fourth-order valence-electron chi connectivity index (χ4n) is 1.50. The first-order chi connectivity index (χ1) is 8.63. The summed E-state index contributed by atoms with van der Waals surface area (Å²) in [7, 11) is 1.18. The lowest BCUT2D eigenvalue weighted by Crippen LogP contribution is -2.25. The van der Waals surface area contributed by atoms with Crippen molar-refractivity contribution in [1.82, 2.24) is 9.55 Å². The van der Waals surface area contributed by atoms with Gasteiger partial charge in [0.25, 0.3) is 5.56 Å². The lowest BCUT2D eigenvalue weighted by molar-refractivity contribution is 0.0598. The molecular weight excluding hydrogens is 239 g/mol. The van der Waals surface area contributed by atoms with Gasteiger partial charge in [-0.15, -0.1) is 0 Å². The molecule has 0 saturated carbocycles. The van der Waals surface area contributed by atoms with Crippen molar-refractivity contribution >= 4 is 5.97 Å². The monoisotopic (exact) mass is 248 g/mol. The van der Waals surface area contributed by atoms with Gasteiger partial charge < -0.3 is 4.74 Å². The average molecular weight is 248 g/mol. The van der Waals surface area contributed by atoms with E-state index in [0.717, 1.165) is 16.8 Å². The second kappa shape index (κ2) is 4.79. The van der Waals surface area contributed by atoms with E-state index in [1.165, 1.54) is 31.6 Å². The fourth-order valence-corrected chi connectivity index (χ4v) is 1.50. The van der Waals surface area contributed by atoms with Crippen LogP contribution >= 0.6 is 0 Å². The molecule has 2 aromatic heterocycles. The molecule has 92 valence electrons. The Morgan fingerprint density at radius 2 is 2.22 bits per heavy atom. The number of nitrogens with zero attached hydrogens (tertiary/aromatic N) is 2. The normalized spacial score (nSPS) is 10.1. The molecule has 2 aromatic rings. The van der Waals surface area contributed by atoms with Crippen LogP contribution in [0.15, 0.2) is 41.6 Å². The highest BCUT2D eigenvalue weighted by Gasteiger charge is 2.13. The van der Waals surface area contributed by atoms with Crippen molar-refractivity contribution in [2.24, 2.45) is 0 Å². The molecular formula is C12H9FN2O3. The molecule has 0 atom stereocenters. The van der Waals surface area contributed by atoms with Gasteiger partial charge in [0.15, 0.2) is 0 Å². The lowest BCUT2D eigenvalue weighted by Gasteiger charge is -2.06. The van der Waals surface area contributed by atoms with E-state index in [2.05, 4.69) is 9.72 Å². The Morgan fingerprint density at radius 1 is 1.44 bits per heavy atom. The van der Waals surface area contributed by atoms with Gasteiger partial charge in [-0.1, -0.05) is 0 Å². The number of methoxy groups -OCH3 is 1. The number of carbonyl (C=O) groups excluding carboxylic acids is 1. The van der Waals surface area contributed by atoms with E-state index >= 15 is 0 Å². The number of rotatable bonds is 2. The minimum Gasteiger partial charge on any atom is -0.465 e. The molecule has 0 spiro atoms. The van der Waals surface area contributed by atoms with Gasteiger partial charge in [-0.05, 0) is 12.1 Å². The first kappa shape index (κ1) is 12.0. The van der Waals surface area contributed by atoms with Crippen LogP contribution in [0.4, 0.5) is 4.39 Å². The van der Waals surface area contributed by atoms with Crippen molar-refractivity contribution in [3.63, 3.8) is 0 Å². The van der Waals surface area contributed by atoms with Crippen LogP contribution in [-0.2, 0) is 4.74 Å². The minimum absolute atomic E-state index is 0.121. The fraction of sp³-hybridized carbons (Fsp3) is 0.0833. The summed E-state index contributed by atoms with van der Waals surface area (Å²) >= 11 is 0. The quantitative estimate of drug-likeness (QED) is 0.748. The Balaban J connectivity index is 2.60. The van der Waals surface area contributed by atoms with Crippen LogP contribution in [-0.4, -0.2) is 22.6 Å². The molecule has 2 heterocycles. The second-order valence-electron chi connectivity index (χ2n) is 3.45. The smallest absolute Gasteiger partial charge is 0.343 e. The average Bonchev–Trinajstić information content (AvgIpc) is 2.38. The van der Waals surface area contributed by atoms with Gasteiger partial charge in [0.1, 0.15) is 11.4 Å². The third kappa shape index (κ3) is 2.13. The van der Waals surface area contributed by atoms with Crippen LogP contribution in [0.1, 0.15) is 10.4 Å². The molecule has 0 saturated heterocycles. The van der Waals surface area contributed by atoms with E-state index in [-0.39, 0.29) is 11.3 Å². The van der Waals surface area contributed by atoms with E-state index in [1.807, 2.05) is 0 Å². The molecule has 0 bridgehead atoms. The van der Waals surface area contributed by atoms with Crippen LogP contribution in [0.3, 0.4) is 0 Å². The third-order valence-electron chi connectivity index (χ3n) is 2.32. The SMILES string of the molecule is COC(=O)c1cccn(-c2cncc(F)c2)c1=O. The predicted octanol–water partition coefficient (Wildman–Crippen LogP) is 1.16. The Hall–Kier alpha value is -2.50. The van der Waals surface area contributed by atoms with Gasteiger partial charge in [-0.3, -0.25) is 14.3 Å². The van der Waals surface area contributed by atoms with Crippen molar-refractivity contribution in [3.8, 4) is 5.69 Å². The number of carbonyl (C=O) groups is 1. The largest absolute Gasteiger partial charge is 0.465 e. The number of aromatic nitrogens is 2. The highest BCUT2D eigenvalue weighted by Crippen LogP contribution is 2.06. The van der Waals surface area contributed by atoms with E-state index in [1.54, 1.807) is 0 Å². The maximum Gasteiger partial charge on any atom is 0.343 e. The molecule has 0 aliphatic rings. The number of esters is 1. The summed E-state index contributed by atoms with van der Waals surface area (Å²) in [6.07, 6.45) is 3.77. The van der Waals surface area contributed by atoms with E-state index in [4.69, 9.17) is 0 Å². The Bertz CT molecular complexity index is 652. The zero-order valence-corrected chi connectivity index (χ0v) is 9.46. The molecule has 6 heteroatoms. The van der Waals surface area contributed by atoms with Gasteiger partial charge >= 0.3 is 5.97 Å². The topological polar surface area (TPSA) is 61.2 Å². The molecule has 0 aliphatic carbocycles. The van der Waals surface area contributed by atoms with Crippen LogP contribution in [0.25, 0.3) is 5.69 Å². The van der Waals surface area contributed by atoms with Crippen LogP contribution in [0.2, 0.25) is 0 Å². The Morgan fingerprint density at radius 3 is 2.89 bits per heavy atom. The summed E-state index contributed by atoms with van der Waals surface area (Å²) < 4.78 is 18.7. The molecule has 0 aliphatic heterocycles. The number of halogens is 1. The maximum atomic E-state index is 13.0. The summed E-state index contributed by atoms with van der Waals surface area (Å²) in [5, 5.41) is 0. The first-order valence-electron chi connectivity index (χ1n) is 5.04. The van der Waals surface area contributed by atoms with Crippen LogP contribution in [0, 0.1) is 5.82 Å². The molecule has 5 nitrogen and oxygen atoms in total. The van der Waals surface area contributed by atoms with Gasteiger partial charge in [0.2, 0.25) is 0 Å². The van der Waals surface area contributed by atoms with Crippen molar-refractivity contribution < 1.29 is 13.9 Å². The third-order valence-corrected chi connectivity index (χ3v) is 2.32. The molecule has 0 amide bonds. The Labute approximate surface area is 101 Å².